The van der Waals surface area contributed by atoms with Crippen LogP contribution < -0.4 is 4.74 Å². The van der Waals surface area contributed by atoms with Gasteiger partial charge in [0.2, 0.25) is 5.88 Å². The van der Waals surface area contributed by atoms with Crippen LogP contribution in [0.1, 0.15) is 10.4 Å². The number of ether oxygens (including phenoxy) is 2. The van der Waals surface area contributed by atoms with Gasteiger partial charge < -0.3 is 14.6 Å². The number of benzene rings is 1. The molecule has 1 heterocycles. The minimum atomic E-state index is -0.947. The van der Waals surface area contributed by atoms with Gasteiger partial charge >= 0.3 is 5.97 Å². The number of aromatic nitrogens is 1. The molecule has 0 bridgehead atoms. The van der Waals surface area contributed by atoms with Gasteiger partial charge in [0.1, 0.15) is 6.61 Å². The summed E-state index contributed by atoms with van der Waals surface area (Å²) in [6.45, 7) is 0.930. The number of rotatable bonds is 5. The van der Waals surface area contributed by atoms with Gasteiger partial charge in [-0.1, -0.05) is 0 Å². The van der Waals surface area contributed by atoms with Gasteiger partial charge in [-0.2, -0.15) is 0 Å². The second-order valence-corrected chi connectivity index (χ2v) is 3.70. The highest BCUT2D eigenvalue weighted by Crippen LogP contribution is 2.18. The molecule has 5 heteroatoms. The summed E-state index contributed by atoms with van der Waals surface area (Å²) in [7, 11) is 1.60. The quantitative estimate of drug-likeness (QED) is 0.818. The number of carboxylic acids is 1. The fraction of sp³-hybridized carbons (Fsp3) is 0.231. The van der Waals surface area contributed by atoms with Crippen molar-refractivity contribution in [2.45, 2.75) is 0 Å². The van der Waals surface area contributed by atoms with E-state index in [1.165, 1.54) is 6.07 Å². The van der Waals surface area contributed by atoms with Crippen LogP contribution in [0.3, 0.4) is 0 Å². The summed E-state index contributed by atoms with van der Waals surface area (Å²) >= 11 is 0. The molecule has 0 unspecified atom stereocenters. The van der Waals surface area contributed by atoms with Crippen molar-refractivity contribution < 1.29 is 19.4 Å². The number of aromatic carboxylic acids is 1. The molecule has 0 radical (unpaired) electrons. The lowest BCUT2D eigenvalue weighted by Gasteiger charge is -2.05. The lowest BCUT2D eigenvalue weighted by molar-refractivity contribution is 0.0697. The summed E-state index contributed by atoms with van der Waals surface area (Å²) in [6, 6.07) is 8.28. The van der Waals surface area contributed by atoms with E-state index in [1.54, 1.807) is 31.4 Å². The summed E-state index contributed by atoms with van der Waals surface area (Å²) in [4.78, 5) is 15.1. The molecule has 0 amide bonds. The maximum Gasteiger partial charge on any atom is 0.335 e. The maximum atomic E-state index is 10.8. The maximum absolute atomic E-state index is 10.8. The first-order chi connectivity index (χ1) is 8.70. The van der Waals surface area contributed by atoms with E-state index in [-0.39, 0.29) is 5.56 Å². The van der Waals surface area contributed by atoms with Gasteiger partial charge in [0.15, 0.2) is 0 Å². The number of hydrogen-bond acceptors (Lipinski definition) is 4. The number of carboxylic acid groups (broad SMARTS) is 1. The Labute approximate surface area is 104 Å². The summed E-state index contributed by atoms with van der Waals surface area (Å²) < 4.78 is 10.3. The molecule has 0 spiro atoms. The molecule has 0 saturated heterocycles. The molecule has 94 valence electrons. The van der Waals surface area contributed by atoms with Crippen molar-refractivity contribution in [1.82, 2.24) is 4.98 Å². The number of methoxy groups -OCH3 is 1. The third kappa shape index (κ3) is 2.75. The summed E-state index contributed by atoms with van der Waals surface area (Å²) in [6.07, 6.45) is 0. The average molecular weight is 247 g/mol. The van der Waals surface area contributed by atoms with Gasteiger partial charge in [-0.25, -0.2) is 9.78 Å². The summed E-state index contributed by atoms with van der Waals surface area (Å²) in [5.74, 6) is -0.444. The van der Waals surface area contributed by atoms with Crippen LogP contribution in [0, 0.1) is 0 Å². The third-order valence-electron chi connectivity index (χ3n) is 2.45. The molecule has 2 rings (SSSR count). The van der Waals surface area contributed by atoms with Crippen LogP contribution in [-0.2, 0) is 4.74 Å². The lowest BCUT2D eigenvalue weighted by atomic mass is 10.1. The van der Waals surface area contributed by atoms with Crippen LogP contribution in [-0.4, -0.2) is 36.4 Å². The van der Waals surface area contributed by atoms with Crippen molar-refractivity contribution in [2.75, 3.05) is 20.3 Å². The Morgan fingerprint density at radius 3 is 2.83 bits per heavy atom. The van der Waals surface area contributed by atoms with Crippen molar-refractivity contribution in [1.29, 1.82) is 0 Å². The van der Waals surface area contributed by atoms with E-state index in [0.717, 1.165) is 5.39 Å². The van der Waals surface area contributed by atoms with Gasteiger partial charge in [0, 0.05) is 18.6 Å². The van der Waals surface area contributed by atoms with Gasteiger partial charge in [-0.3, -0.25) is 0 Å². The highest BCUT2D eigenvalue weighted by atomic mass is 16.5. The Morgan fingerprint density at radius 2 is 2.11 bits per heavy atom. The standard InChI is InChI=1S/C13H13NO4/c1-17-6-7-18-12-5-3-9-8-10(13(15)16)2-4-11(9)14-12/h2-5,8H,6-7H2,1H3,(H,15,16). The van der Waals surface area contributed by atoms with Crippen LogP contribution in [0.25, 0.3) is 10.9 Å². The zero-order valence-electron chi connectivity index (χ0n) is 9.92. The molecular formula is C13H13NO4. The second-order valence-electron chi connectivity index (χ2n) is 3.70. The van der Waals surface area contributed by atoms with Crippen molar-refractivity contribution in [3.8, 4) is 5.88 Å². The smallest absolute Gasteiger partial charge is 0.335 e. The van der Waals surface area contributed by atoms with Crippen molar-refractivity contribution >= 4 is 16.9 Å². The van der Waals surface area contributed by atoms with Crippen LogP contribution in [0.4, 0.5) is 0 Å². The minimum Gasteiger partial charge on any atom is -0.478 e. The van der Waals surface area contributed by atoms with E-state index in [2.05, 4.69) is 4.98 Å². The Kier molecular flexibility index (Phi) is 3.74. The molecule has 1 N–H and O–H groups in total. The normalized spacial score (nSPS) is 10.5. The Morgan fingerprint density at radius 1 is 1.28 bits per heavy atom. The van der Waals surface area contributed by atoms with E-state index in [4.69, 9.17) is 14.6 Å². The van der Waals surface area contributed by atoms with Gasteiger partial charge in [0.05, 0.1) is 17.7 Å². The van der Waals surface area contributed by atoms with Gasteiger partial charge in [0.25, 0.3) is 0 Å². The molecule has 0 saturated carbocycles. The van der Waals surface area contributed by atoms with Crippen molar-refractivity contribution in [3.05, 3.63) is 35.9 Å². The Bertz CT molecular complexity index is 568. The predicted molar refractivity (Wildman–Crippen MR) is 66.1 cm³/mol. The number of hydrogen-bond donors (Lipinski definition) is 1. The van der Waals surface area contributed by atoms with Gasteiger partial charge in [-0.05, 0) is 24.3 Å². The number of pyridine rings is 1. The van der Waals surface area contributed by atoms with E-state index < -0.39 is 5.97 Å². The average Bonchev–Trinajstić information content (AvgIpc) is 2.38. The van der Waals surface area contributed by atoms with Crippen LogP contribution >= 0.6 is 0 Å². The highest BCUT2D eigenvalue weighted by molar-refractivity contribution is 5.93. The Hall–Kier alpha value is -2.14. The van der Waals surface area contributed by atoms with E-state index in [0.29, 0.717) is 24.6 Å². The zero-order valence-corrected chi connectivity index (χ0v) is 9.92. The number of nitrogens with zero attached hydrogens (tertiary/aromatic N) is 1. The second kappa shape index (κ2) is 5.46. The van der Waals surface area contributed by atoms with Gasteiger partial charge in [-0.15, -0.1) is 0 Å². The number of fused-ring (bicyclic) bond motifs is 1. The molecule has 1 aromatic carbocycles. The molecule has 0 aliphatic heterocycles. The largest absolute Gasteiger partial charge is 0.478 e. The van der Waals surface area contributed by atoms with Crippen molar-refractivity contribution in [2.24, 2.45) is 0 Å². The zero-order chi connectivity index (χ0) is 13.0. The fourth-order valence-electron chi connectivity index (χ4n) is 1.55. The first-order valence-corrected chi connectivity index (χ1v) is 5.46. The lowest BCUT2D eigenvalue weighted by Crippen LogP contribution is -2.05. The Balaban J connectivity index is 2.24. The molecule has 1 aromatic heterocycles. The van der Waals surface area contributed by atoms with Crippen LogP contribution in [0.5, 0.6) is 5.88 Å². The molecule has 0 fully saturated rings. The molecule has 0 aliphatic carbocycles. The van der Waals surface area contributed by atoms with E-state index in [1.807, 2.05) is 0 Å². The SMILES string of the molecule is COCCOc1ccc2cc(C(=O)O)ccc2n1. The monoisotopic (exact) mass is 247 g/mol. The van der Waals surface area contributed by atoms with E-state index in [9.17, 15) is 4.79 Å². The summed E-state index contributed by atoms with van der Waals surface area (Å²) in [5, 5.41) is 9.66. The third-order valence-corrected chi connectivity index (χ3v) is 2.45. The summed E-state index contributed by atoms with van der Waals surface area (Å²) in [5.41, 5.74) is 0.951. The minimum absolute atomic E-state index is 0.248. The van der Waals surface area contributed by atoms with Crippen LogP contribution in [0.15, 0.2) is 30.3 Å². The fourth-order valence-corrected chi connectivity index (χ4v) is 1.55. The first-order valence-electron chi connectivity index (χ1n) is 5.46. The predicted octanol–water partition coefficient (Wildman–Crippen LogP) is 1.96. The molecule has 18 heavy (non-hydrogen) atoms. The topological polar surface area (TPSA) is 68.7 Å². The molecule has 0 aliphatic rings. The molecule has 2 aromatic rings. The molecule has 0 atom stereocenters. The van der Waals surface area contributed by atoms with Crippen molar-refractivity contribution in [3.63, 3.8) is 0 Å². The van der Waals surface area contributed by atoms with E-state index >= 15 is 0 Å². The highest BCUT2D eigenvalue weighted by Gasteiger charge is 2.05. The molecule has 5 nitrogen and oxygen atoms in total. The molecular weight excluding hydrogens is 234 g/mol. The first kappa shape index (κ1) is 12.3. The number of carbonyl (C=O) groups is 1. The van der Waals surface area contributed by atoms with Crippen LogP contribution in [0.2, 0.25) is 0 Å².